The van der Waals surface area contributed by atoms with Crippen LogP contribution < -0.4 is 0 Å². The van der Waals surface area contributed by atoms with E-state index in [1.54, 1.807) is 0 Å². The predicted octanol–water partition coefficient (Wildman–Crippen LogP) is 8.29. The van der Waals surface area contributed by atoms with E-state index in [1.807, 2.05) is 0 Å². The van der Waals surface area contributed by atoms with Gasteiger partial charge in [0, 0.05) is 0 Å². The van der Waals surface area contributed by atoms with E-state index in [0.29, 0.717) is 0 Å². The van der Waals surface area contributed by atoms with E-state index in [-0.39, 0.29) is 9.38 Å². The van der Waals surface area contributed by atoms with Gasteiger partial charge in [0.05, 0.1) is 0 Å². The molecule has 3 aliphatic carbocycles. The van der Waals surface area contributed by atoms with Crippen LogP contribution in [0, 0.1) is 0 Å². The molecule has 0 aromatic heterocycles. The van der Waals surface area contributed by atoms with Gasteiger partial charge in [0.25, 0.3) is 0 Å². The van der Waals surface area contributed by atoms with Crippen molar-refractivity contribution in [1.82, 2.24) is 0 Å². The van der Waals surface area contributed by atoms with Crippen LogP contribution in [0.3, 0.4) is 0 Å². The average molecular weight is 668 g/mol. The van der Waals surface area contributed by atoms with Crippen molar-refractivity contribution >= 4 is 48.5 Å². The van der Waals surface area contributed by atoms with Gasteiger partial charge in [-0.25, -0.2) is 0 Å². The molecule has 0 radical (unpaired) electrons. The van der Waals surface area contributed by atoms with Crippen LogP contribution >= 0.6 is 25.5 Å². The first-order valence-electron chi connectivity index (χ1n) is 11.1. The van der Waals surface area contributed by atoms with Crippen LogP contribution in [0.2, 0.25) is 0 Å². The van der Waals surface area contributed by atoms with Gasteiger partial charge in [-0.3, -0.25) is 0 Å². The second kappa shape index (κ2) is 7.30. The van der Waals surface area contributed by atoms with Crippen molar-refractivity contribution in [3.05, 3.63) is 154 Å². The molecule has 2 bridgehead atoms. The first-order chi connectivity index (χ1) is 16.2. The molecule has 0 atom stereocenters. The van der Waals surface area contributed by atoms with E-state index in [4.69, 9.17) is 0 Å². The van der Waals surface area contributed by atoms with Crippen LogP contribution in [-0.4, -0.2) is 13.8 Å². The third kappa shape index (κ3) is 2.52. The van der Waals surface area contributed by atoms with Crippen molar-refractivity contribution in [3.8, 4) is 0 Å². The van der Waals surface area contributed by atoms with Crippen molar-refractivity contribution in [3.63, 3.8) is 0 Å². The molecule has 0 nitrogen and oxygen atoms in total. The second-order valence-electron chi connectivity index (χ2n) is 8.83. The Morgan fingerprint density at radius 3 is 1.64 bits per heavy atom. The minimum atomic E-state index is -3.15. The number of benzene rings is 4. The number of rotatable bonds is 2. The van der Waals surface area contributed by atoms with Crippen molar-refractivity contribution in [2.45, 2.75) is 9.38 Å². The van der Waals surface area contributed by atoms with Gasteiger partial charge in [0.1, 0.15) is 0 Å². The fraction of sp³-hybridized carbons (Fsp3) is 0.0667. The summed E-state index contributed by atoms with van der Waals surface area (Å²) in [5, 5.41) is 0. The first kappa shape index (κ1) is 20.5. The summed E-state index contributed by atoms with van der Waals surface area (Å²) in [6.45, 7) is 0. The summed E-state index contributed by atoms with van der Waals surface area (Å²) < 4.78 is 1.27. The fourth-order valence-corrected chi connectivity index (χ4v) is 23.8. The molecular formula is C30H20Br2Te. The molecule has 4 aliphatic rings. The molecule has 1 spiro atoms. The zero-order chi connectivity index (χ0) is 22.2. The standard InChI is InChI=1S/C30H20Br2Te/c31-33(32)27(20-11-3-1-4-12-20)19-26-28(21-13-5-2-6-14-21)29-22-15-7-9-17-24(22)30(26,33)25-18-10-8-16-23(25)29/h1-19,29H. The van der Waals surface area contributed by atoms with Crippen LogP contribution in [0.15, 0.2) is 121 Å². The summed E-state index contributed by atoms with van der Waals surface area (Å²) >= 11 is 5.80. The van der Waals surface area contributed by atoms with Crippen LogP contribution in [0.25, 0.3) is 9.19 Å². The SMILES string of the molecule is Br[Te]1(Br)C(c2ccccc2)=CC2=C(c3ccccc3)C3c4ccccc4C21c1ccccc13. The van der Waals surface area contributed by atoms with Crippen LogP contribution in [-0.2, 0) is 3.46 Å². The molecule has 0 saturated heterocycles. The summed E-state index contributed by atoms with van der Waals surface area (Å²) in [6.07, 6.45) is 2.53. The Morgan fingerprint density at radius 2 is 1.06 bits per heavy atom. The molecule has 0 saturated carbocycles. The van der Waals surface area contributed by atoms with Gasteiger partial charge >= 0.3 is 212 Å². The van der Waals surface area contributed by atoms with E-state index >= 15 is 0 Å². The van der Waals surface area contributed by atoms with Gasteiger partial charge in [-0.15, -0.1) is 0 Å². The van der Waals surface area contributed by atoms with Crippen molar-refractivity contribution in [2.75, 3.05) is 0 Å². The van der Waals surface area contributed by atoms with Gasteiger partial charge in [-0.2, -0.15) is 0 Å². The zero-order valence-electron chi connectivity index (χ0n) is 17.7. The molecule has 4 aromatic rings. The van der Waals surface area contributed by atoms with E-state index in [2.05, 4.69) is 141 Å². The topological polar surface area (TPSA) is 0 Å². The van der Waals surface area contributed by atoms with Gasteiger partial charge in [0.2, 0.25) is 0 Å². The normalized spacial score (nSPS) is 24.5. The summed E-state index contributed by atoms with van der Waals surface area (Å²) in [5.41, 5.74) is 11.4. The van der Waals surface area contributed by atoms with Gasteiger partial charge in [-0.05, 0) is 0 Å². The Morgan fingerprint density at radius 1 is 0.576 bits per heavy atom. The molecule has 0 fully saturated rings. The zero-order valence-corrected chi connectivity index (χ0v) is 23.2. The van der Waals surface area contributed by atoms with E-state index < -0.39 is 13.8 Å². The van der Waals surface area contributed by atoms with Crippen LogP contribution in [0.4, 0.5) is 0 Å². The van der Waals surface area contributed by atoms with Crippen molar-refractivity contribution in [2.24, 2.45) is 0 Å². The Hall–Kier alpha value is -1.89. The molecule has 4 aromatic carbocycles. The summed E-state index contributed by atoms with van der Waals surface area (Å²) in [7, 11) is 0. The predicted molar refractivity (Wildman–Crippen MR) is 147 cm³/mol. The Kier molecular flexibility index (Phi) is 4.53. The van der Waals surface area contributed by atoms with Crippen molar-refractivity contribution in [1.29, 1.82) is 0 Å². The Balaban J connectivity index is 1.67. The molecule has 1 aliphatic heterocycles. The van der Waals surface area contributed by atoms with E-state index in [1.165, 1.54) is 48.1 Å². The molecule has 8 rings (SSSR count). The summed E-state index contributed by atoms with van der Waals surface area (Å²) in [4.78, 5) is 0. The number of hydrogen-bond acceptors (Lipinski definition) is 0. The summed E-state index contributed by atoms with van der Waals surface area (Å²) in [6, 6.07) is 40.3. The first-order valence-corrected chi connectivity index (χ1v) is 23.9. The van der Waals surface area contributed by atoms with Crippen LogP contribution in [0.1, 0.15) is 39.3 Å². The second-order valence-corrected chi connectivity index (χ2v) is 33.4. The maximum atomic E-state index is 4.47. The molecule has 160 valence electrons. The molecule has 3 heteroatoms. The van der Waals surface area contributed by atoms with E-state index in [0.717, 1.165) is 0 Å². The average Bonchev–Trinajstić information content (AvgIpc) is 3.13. The van der Waals surface area contributed by atoms with Gasteiger partial charge < -0.3 is 0 Å². The van der Waals surface area contributed by atoms with Crippen LogP contribution in [0.5, 0.6) is 0 Å². The molecule has 1 heterocycles. The molecule has 33 heavy (non-hydrogen) atoms. The summed E-state index contributed by atoms with van der Waals surface area (Å²) in [5.74, 6) is 0.252. The third-order valence-electron chi connectivity index (χ3n) is 7.34. The maximum absolute atomic E-state index is 4.47. The monoisotopic (exact) mass is 668 g/mol. The Labute approximate surface area is 210 Å². The molecule has 0 amide bonds. The Bertz CT molecular complexity index is 1430. The molecular weight excluding hydrogens is 648 g/mol. The van der Waals surface area contributed by atoms with Gasteiger partial charge in [0.15, 0.2) is 0 Å². The van der Waals surface area contributed by atoms with Crippen molar-refractivity contribution < 1.29 is 0 Å². The number of hydrogen-bond donors (Lipinski definition) is 0. The van der Waals surface area contributed by atoms with Gasteiger partial charge in [-0.1, -0.05) is 0 Å². The number of halogens is 2. The minimum absolute atomic E-state index is 0.180. The molecule has 0 N–H and O–H groups in total. The fourth-order valence-electron chi connectivity index (χ4n) is 6.14. The quantitative estimate of drug-likeness (QED) is 0.189. The van der Waals surface area contributed by atoms with E-state index in [9.17, 15) is 0 Å². The third-order valence-corrected chi connectivity index (χ3v) is 25.2. The number of allylic oxidation sites excluding steroid dienone is 3. The molecule has 0 unspecified atom stereocenters.